The predicted molar refractivity (Wildman–Crippen MR) is 87.8 cm³/mol. The smallest absolute Gasteiger partial charge is 0.170 e. The van der Waals surface area contributed by atoms with Crippen molar-refractivity contribution in [2.24, 2.45) is 10.9 Å². The van der Waals surface area contributed by atoms with Crippen LogP contribution in [0, 0.1) is 0 Å². The monoisotopic (exact) mass is 343 g/mol. The Kier molecular flexibility index (Phi) is 5.17. The Bertz CT molecular complexity index is 689. The molecular formula is C14H12Cl3N3O. The third kappa shape index (κ3) is 3.94. The first-order valence-electron chi connectivity index (χ1n) is 5.96. The minimum atomic E-state index is 0.0596. The fraction of sp³-hybridized carbons (Fsp3) is 0.0714. The highest BCUT2D eigenvalue weighted by atomic mass is 35.5. The fourth-order valence-corrected chi connectivity index (χ4v) is 2.37. The van der Waals surface area contributed by atoms with Crippen LogP contribution in [0.2, 0.25) is 15.1 Å². The van der Waals surface area contributed by atoms with Gasteiger partial charge in [-0.3, -0.25) is 0 Å². The van der Waals surface area contributed by atoms with E-state index < -0.39 is 0 Å². The van der Waals surface area contributed by atoms with Gasteiger partial charge in [-0.15, -0.1) is 0 Å². The topological polar surface area (TPSA) is 70.6 Å². The Labute approximate surface area is 137 Å². The van der Waals surface area contributed by atoms with Crippen LogP contribution in [0.1, 0.15) is 11.1 Å². The van der Waals surface area contributed by atoms with E-state index in [1.807, 2.05) is 18.2 Å². The molecule has 0 aliphatic heterocycles. The molecule has 0 radical (unpaired) electrons. The Morgan fingerprint density at radius 2 is 1.81 bits per heavy atom. The lowest BCUT2D eigenvalue weighted by atomic mass is 10.1. The molecule has 7 heteroatoms. The van der Waals surface area contributed by atoms with E-state index in [1.165, 1.54) is 0 Å². The van der Waals surface area contributed by atoms with Crippen molar-refractivity contribution in [3.05, 3.63) is 62.6 Å². The first kappa shape index (κ1) is 15.8. The zero-order valence-corrected chi connectivity index (χ0v) is 13.0. The number of benzene rings is 2. The Morgan fingerprint density at radius 1 is 1.10 bits per heavy atom. The first-order chi connectivity index (χ1) is 10.0. The number of halogens is 3. The highest BCUT2D eigenvalue weighted by Gasteiger charge is 2.06. The zero-order chi connectivity index (χ0) is 15.4. The van der Waals surface area contributed by atoms with Crippen LogP contribution in [0.15, 0.2) is 41.6 Å². The molecule has 2 rings (SSSR count). The van der Waals surface area contributed by atoms with Gasteiger partial charge in [0.15, 0.2) is 5.84 Å². The minimum absolute atomic E-state index is 0.0596. The molecule has 0 aromatic heterocycles. The maximum Gasteiger partial charge on any atom is 0.170 e. The van der Waals surface area contributed by atoms with Gasteiger partial charge in [0, 0.05) is 12.1 Å². The number of oxime groups is 1. The van der Waals surface area contributed by atoms with Crippen LogP contribution < -0.4 is 11.1 Å². The molecule has 0 fully saturated rings. The molecule has 110 valence electrons. The normalized spacial score (nSPS) is 11.5. The van der Waals surface area contributed by atoms with Crippen molar-refractivity contribution in [3.63, 3.8) is 0 Å². The van der Waals surface area contributed by atoms with Crippen LogP contribution in [-0.4, -0.2) is 11.0 Å². The van der Waals surface area contributed by atoms with Gasteiger partial charge in [-0.1, -0.05) is 58.2 Å². The van der Waals surface area contributed by atoms with Crippen molar-refractivity contribution in [1.29, 1.82) is 0 Å². The van der Waals surface area contributed by atoms with Crippen LogP contribution in [-0.2, 0) is 6.54 Å². The fourth-order valence-electron chi connectivity index (χ4n) is 1.75. The van der Waals surface area contributed by atoms with Crippen molar-refractivity contribution in [1.82, 2.24) is 0 Å². The molecule has 0 unspecified atom stereocenters. The van der Waals surface area contributed by atoms with Crippen molar-refractivity contribution in [2.75, 3.05) is 5.32 Å². The lowest BCUT2D eigenvalue weighted by Crippen LogP contribution is -2.13. The second-order valence-electron chi connectivity index (χ2n) is 4.29. The van der Waals surface area contributed by atoms with Gasteiger partial charge in [-0.25, -0.2) is 0 Å². The van der Waals surface area contributed by atoms with Crippen molar-refractivity contribution >= 4 is 46.3 Å². The van der Waals surface area contributed by atoms with E-state index in [2.05, 4.69) is 10.5 Å². The molecule has 0 saturated carbocycles. The second kappa shape index (κ2) is 6.89. The summed E-state index contributed by atoms with van der Waals surface area (Å²) in [5, 5.41) is 16.1. The van der Waals surface area contributed by atoms with Crippen molar-refractivity contribution in [2.45, 2.75) is 6.54 Å². The Morgan fingerprint density at radius 3 is 2.52 bits per heavy atom. The SMILES string of the molecule is NC(=NO)c1cccc(CNc2cc(Cl)c(Cl)cc2Cl)c1. The second-order valence-corrected chi connectivity index (χ2v) is 5.51. The molecule has 2 aromatic carbocycles. The Hall–Kier alpha value is -1.62. The maximum absolute atomic E-state index is 8.68. The zero-order valence-electron chi connectivity index (χ0n) is 10.8. The van der Waals surface area contributed by atoms with E-state index >= 15 is 0 Å². The van der Waals surface area contributed by atoms with Gasteiger partial charge < -0.3 is 16.3 Å². The number of nitrogens with zero attached hydrogens (tertiary/aromatic N) is 1. The van der Waals surface area contributed by atoms with E-state index in [0.717, 1.165) is 5.56 Å². The first-order valence-corrected chi connectivity index (χ1v) is 7.10. The van der Waals surface area contributed by atoms with Crippen LogP contribution in [0.4, 0.5) is 5.69 Å². The minimum Gasteiger partial charge on any atom is -0.409 e. The van der Waals surface area contributed by atoms with Gasteiger partial charge in [0.05, 0.1) is 20.8 Å². The highest BCUT2D eigenvalue weighted by Crippen LogP contribution is 2.32. The average molecular weight is 345 g/mol. The summed E-state index contributed by atoms with van der Waals surface area (Å²) in [4.78, 5) is 0. The number of amidine groups is 1. The maximum atomic E-state index is 8.68. The molecule has 0 aliphatic carbocycles. The largest absolute Gasteiger partial charge is 0.409 e. The molecule has 4 nitrogen and oxygen atoms in total. The van der Waals surface area contributed by atoms with E-state index in [9.17, 15) is 0 Å². The molecule has 0 heterocycles. The van der Waals surface area contributed by atoms with Crippen LogP contribution >= 0.6 is 34.8 Å². The van der Waals surface area contributed by atoms with Crippen molar-refractivity contribution < 1.29 is 5.21 Å². The van der Waals surface area contributed by atoms with Crippen LogP contribution in [0.25, 0.3) is 0 Å². The number of anilines is 1. The predicted octanol–water partition coefficient (Wildman–Crippen LogP) is 4.35. The lowest BCUT2D eigenvalue weighted by Gasteiger charge is -2.10. The molecule has 0 spiro atoms. The number of nitrogens with two attached hydrogens (primary N) is 1. The van der Waals surface area contributed by atoms with Crippen molar-refractivity contribution in [3.8, 4) is 0 Å². The Balaban J connectivity index is 2.15. The van der Waals surface area contributed by atoms with E-state index in [-0.39, 0.29) is 5.84 Å². The molecular weight excluding hydrogens is 333 g/mol. The molecule has 0 amide bonds. The van der Waals surface area contributed by atoms with E-state index in [0.29, 0.717) is 32.9 Å². The molecule has 0 saturated heterocycles. The molecule has 0 atom stereocenters. The van der Waals surface area contributed by atoms with Gasteiger partial charge in [0.25, 0.3) is 0 Å². The third-order valence-electron chi connectivity index (χ3n) is 2.82. The summed E-state index contributed by atoms with van der Waals surface area (Å²) in [7, 11) is 0. The summed E-state index contributed by atoms with van der Waals surface area (Å²) in [5.74, 6) is 0.0596. The summed E-state index contributed by atoms with van der Waals surface area (Å²) < 4.78 is 0. The van der Waals surface area contributed by atoms with E-state index in [1.54, 1.807) is 18.2 Å². The van der Waals surface area contributed by atoms with Crippen LogP contribution in [0.3, 0.4) is 0 Å². The highest BCUT2D eigenvalue weighted by molar-refractivity contribution is 6.44. The van der Waals surface area contributed by atoms with Gasteiger partial charge >= 0.3 is 0 Å². The summed E-state index contributed by atoms with van der Waals surface area (Å²) in [6.07, 6.45) is 0. The lowest BCUT2D eigenvalue weighted by molar-refractivity contribution is 0.318. The quantitative estimate of drug-likeness (QED) is 0.254. The molecule has 0 bridgehead atoms. The third-order valence-corrected chi connectivity index (χ3v) is 3.86. The summed E-state index contributed by atoms with van der Waals surface area (Å²) in [6.45, 7) is 0.504. The summed E-state index contributed by atoms with van der Waals surface area (Å²) in [5.41, 5.74) is 7.82. The number of rotatable bonds is 4. The number of hydrogen-bond acceptors (Lipinski definition) is 3. The van der Waals surface area contributed by atoms with Gasteiger partial charge in [-0.2, -0.15) is 0 Å². The molecule has 2 aromatic rings. The van der Waals surface area contributed by atoms with Crippen LogP contribution in [0.5, 0.6) is 0 Å². The van der Waals surface area contributed by atoms with Gasteiger partial charge in [-0.05, 0) is 23.8 Å². The standard InChI is InChI=1S/C14H12Cl3N3O/c15-10-5-12(17)13(6-11(10)16)19-7-8-2-1-3-9(4-8)14(18)20-21/h1-6,19,21H,7H2,(H2,18,20). The molecule has 0 aliphatic rings. The molecule has 4 N–H and O–H groups in total. The van der Waals surface area contributed by atoms with Gasteiger partial charge in [0.1, 0.15) is 0 Å². The molecule has 21 heavy (non-hydrogen) atoms. The van der Waals surface area contributed by atoms with E-state index in [4.69, 9.17) is 45.7 Å². The summed E-state index contributed by atoms with van der Waals surface area (Å²) >= 11 is 17.9. The number of nitrogens with one attached hydrogen (secondary N) is 1. The number of hydrogen-bond donors (Lipinski definition) is 3. The summed E-state index contributed by atoms with van der Waals surface area (Å²) in [6, 6.07) is 10.5. The van der Waals surface area contributed by atoms with Gasteiger partial charge in [0.2, 0.25) is 0 Å². The average Bonchev–Trinajstić information content (AvgIpc) is 2.49.